The lowest BCUT2D eigenvalue weighted by molar-refractivity contribution is 0.114. The van der Waals surface area contributed by atoms with Crippen molar-refractivity contribution in [2.24, 2.45) is 0 Å². The van der Waals surface area contributed by atoms with Crippen molar-refractivity contribution < 1.29 is 5.11 Å². The lowest BCUT2D eigenvalue weighted by Gasteiger charge is -2.38. The van der Waals surface area contributed by atoms with E-state index < -0.39 is 0 Å². The average Bonchev–Trinajstić information content (AvgIpc) is 2.32. The third kappa shape index (κ3) is 3.22. The van der Waals surface area contributed by atoms with Gasteiger partial charge in [0.05, 0.1) is 0 Å². The zero-order chi connectivity index (χ0) is 12.3. The summed E-state index contributed by atoms with van der Waals surface area (Å²) in [4.78, 5) is 2.62. The van der Waals surface area contributed by atoms with Gasteiger partial charge in [-0.2, -0.15) is 0 Å². The van der Waals surface area contributed by atoms with E-state index in [0.717, 1.165) is 12.5 Å². The van der Waals surface area contributed by atoms with Crippen LogP contribution in [0.15, 0.2) is 24.3 Å². The third-order valence-corrected chi connectivity index (χ3v) is 3.89. The topological polar surface area (TPSA) is 23.5 Å². The van der Waals surface area contributed by atoms with E-state index in [2.05, 4.69) is 18.7 Å². The molecule has 1 heterocycles. The molecule has 0 spiro atoms. The van der Waals surface area contributed by atoms with Gasteiger partial charge in [0.15, 0.2) is 0 Å². The molecular formula is C15H23NO. The molecule has 0 bridgehead atoms. The molecule has 1 aliphatic rings. The van der Waals surface area contributed by atoms with Crippen LogP contribution in [-0.2, 0) is 6.42 Å². The number of aromatic hydroxyl groups is 1. The van der Waals surface area contributed by atoms with Crippen molar-refractivity contribution >= 4 is 0 Å². The van der Waals surface area contributed by atoms with E-state index >= 15 is 0 Å². The first-order chi connectivity index (χ1) is 8.16. The van der Waals surface area contributed by atoms with Crippen LogP contribution in [0, 0.1) is 0 Å². The van der Waals surface area contributed by atoms with Gasteiger partial charge in [0.2, 0.25) is 0 Å². The van der Waals surface area contributed by atoms with Gasteiger partial charge in [-0.1, -0.05) is 18.6 Å². The van der Waals surface area contributed by atoms with E-state index in [-0.39, 0.29) is 0 Å². The zero-order valence-electron chi connectivity index (χ0n) is 10.9. The lowest BCUT2D eigenvalue weighted by atomic mass is 9.98. The van der Waals surface area contributed by atoms with Crippen molar-refractivity contribution in [2.45, 2.75) is 51.6 Å². The summed E-state index contributed by atoms with van der Waals surface area (Å²) in [5, 5.41) is 9.27. The highest BCUT2D eigenvalue weighted by molar-refractivity contribution is 5.26. The second-order valence-electron chi connectivity index (χ2n) is 5.30. The highest BCUT2D eigenvalue weighted by Gasteiger charge is 2.22. The monoisotopic (exact) mass is 233 g/mol. The maximum atomic E-state index is 9.27. The fourth-order valence-corrected chi connectivity index (χ4v) is 2.87. The molecule has 2 rings (SSSR count). The van der Waals surface area contributed by atoms with Gasteiger partial charge in [-0.15, -0.1) is 0 Å². The Balaban J connectivity index is 1.95. The molecule has 1 aliphatic heterocycles. The quantitative estimate of drug-likeness (QED) is 0.866. The van der Waals surface area contributed by atoms with Crippen molar-refractivity contribution in [3.8, 4) is 5.75 Å². The Labute approximate surface area is 104 Å². The van der Waals surface area contributed by atoms with E-state index in [4.69, 9.17) is 0 Å². The summed E-state index contributed by atoms with van der Waals surface area (Å²) in [7, 11) is 0. The summed E-state index contributed by atoms with van der Waals surface area (Å²) in [5.41, 5.74) is 1.31. The molecule has 1 saturated heterocycles. The standard InChI is InChI=1S/C15H23NO/c1-12-5-3-4-10-16(12)13(2)11-14-6-8-15(17)9-7-14/h6-9,12-13,17H,3-5,10-11H2,1-2H3. The van der Waals surface area contributed by atoms with Gasteiger partial charge in [0, 0.05) is 12.1 Å². The summed E-state index contributed by atoms with van der Waals surface area (Å²) in [6.07, 6.45) is 5.12. The Morgan fingerprint density at radius 1 is 1.29 bits per heavy atom. The lowest BCUT2D eigenvalue weighted by Crippen LogP contribution is -2.44. The molecule has 0 amide bonds. The highest BCUT2D eigenvalue weighted by atomic mass is 16.3. The smallest absolute Gasteiger partial charge is 0.115 e. The van der Waals surface area contributed by atoms with Crippen LogP contribution in [0.5, 0.6) is 5.75 Å². The molecule has 2 nitrogen and oxygen atoms in total. The number of benzene rings is 1. The number of phenolic OH excluding ortho intramolecular Hbond substituents is 1. The minimum atomic E-state index is 0.354. The van der Waals surface area contributed by atoms with E-state index in [9.17, 15) is 5.11 Å². The van der Waals surface area contributed by atoms with E-state index in [0.29, 0.717) is 11.8 Å². The predicted octanol–water partition coefficient (Wildman–Crippen LogP) is 3.20. The molecule has 1 aromatic rings. The van der Waals surface area contributed by atoms with Crippen LogP contribution in [0.3, 0.4) is 0 Å². The van der Waals surface area contributed by atoms with Crippen molar-refractivity contribution in [2.75, 3.05) is 6.54 Å². The first-order valence-corrected chi connectivity index (χ1v) is 6.70. The van der Waals surface area contributed by atoms with Crippen molar-refractivity contribution in [3.05, 3.63) is 29.8 Å². The average molecular weight is 233 g/mol. The fraction of sp³-hybridized carbons (Fsp3) is 0.600. The maximum Gasteiger partial charge on any atom is 0.115 e. The van der Waals surface area contributed by atoms with E-state index in [1.165, 1.54) is 31.4 Å². The molecule has 0 saturated carbocycles. The third-order valence-electron chi connectivity index (χ3n) is 3.89. The molecular weight excluding hydrogens is 210 g/mol. The Hall–Kier alpha value is -1.02. The number of nitrogens with zero attached hydrogens (tertiary/aromatic N) is 1. The summed E-state index contributed by atoms with van der Waals surface area (Å²) < 4.78 is 0. The first kappa shape index (κ1) is 12.4. The molecule has 2 heteroatoms. The number of piperidine rings is 1. The first-order valence-electron chi connectivity index (χ1n) is 6.70. The van der Waals surface area contributed by atoms with E-state index in [1.54, 1.807) is 12.1 Å². The van der Waals surface area contributed by atoms with Crippen LogP contribution in [0.2, 0.25) is 0 Å². The SMILES string of the molecule is CC1CCCCN1C(C)Cc1ccc(O)cc1. The van der Waals surface area contributed by atoms with Gasteiger partial charge in [-0.25, -0.2) is 0 Å². The van der Waals surface area contributed by atoms with Crippen LogP contribution >= 0.6 is 0 Å². The molecule has 1 N–H and O–H groups in total. The predicted molar refractivity (Wildman–Crippen MR) is 71.3 cm³/mol. The molecule has 17 heavy (non-hydrogen) atoms. The summed E-state index contributed by atoms with van der Waals surface area (Å²) in [6.45, 7) is 5.89. The zero-order valence-corrected chi connectivity index (χ0v) is 10.9. The molecule has 0 aliphatic carbocycles. The van der Waals surface area contributed by atoms with Crippen LogP contribution in [0.25, 0.3) is 0 Å². The molecule has 2 atom stereocenters. The summed E-state index contributed by atoms with van der Waals surface area (Å²) >= 11 is 0. The number of phenols is 1. The highest BCUT2D eigenvalue weighted by Crippen LogP contribution is 2.21. The van der Waals surface area contributed by atoms with Gasteiger partial charge >= 0.3 is 0 Å². The number of hydrogen-bond donors (Lipinski definition) is 1. The van der Waals surface area contributed by atoms with Crippen LogP contribution in [0.4, 0.5) is 0 Å². The Morgan fingerprint density at radius 2 is 2.00 bits per heavy atom. The molecule has 0 aromatic heterocycles. The van der Waals surface area contributed by atoms with Gasteiger partial charge < -0.3 is 5.11 Å². The summed E-state index contributed by atoms with van der Waals surface area (Å²) in [5.74, 6) is 0.354. The van der Waals surface area contributed by atoms with Crippen molar-refractivity contribution in [3.63, 3.8) is 0 Å². The van der Waals surface area contributed by atoms with Crippen LogP contribution in [-0.4, -0.2) is 28.6 Å². The van der Waals surface area contributed by atoms with Gasteiger partial charge in [-0.05, 0) is 57.4 Å². The van der Waals surface area contributed by atoms with Crippen LogP contribution < -0.4 is 0 Å². The molecule has 1 fully saturated rings. The van der Waals surface area contributed by atoms with Crippen LogP contribution in [0.1, 0.15) is 38.7 Å². The maximum absolute atomic E-state index is 9.27. The Kier molecular flexibility index (Phi) is 4.06. The molecule has 0 radical (unpaired) electrons. The van der Waals surface area contributed by atoms with Gasteiger partial charge in [0.25, 0.3) is 0 Å². The second-order valence-corrected chi connectivity index (χ2v) is 5.30. The Bertz CT molecular complexity index is 346. The minimum absolute atomic E-state index is 0.354. The molecule has 2 unspecified atom stereocenters. The Morgan fingerprint density at radius 3 is 2.65 bits per heavy atom. The normalized spacial score (nSPS) is 23.5. The van der Waals surface area contributed by atoms with E-state index in [1.807, 2.05) is 12.1 Å². The summed E-state index contributed by atoms with van der Waals surface area (Å²) in [6, 6.07) is 8.93. The number of likely N-dealkylation sites (tertiary alicyclic amines) is 1. The molecule has 1 aromatic carbocycles. The van der Waals surface area contributed by atoms with Gasteiger partial charge in [-0.3, -0.25) is 4.90 Å². The second kappa shape index (κ2) is 5.54. The van der Waals surface area contributed by atoms with Crippen molar-refractivity contribution in [1.82, 2.24) is 4.90 Å². The largest absolute Gasteiger partial charge is 0.508 e. The minimum Gasteiger partial charge on any atom is -0.508 e. The molecule has 94 valence electrons. The number of hydrogen-bond acceptors (Lipinski definition) is 2. The number of rotatable bonds is 3. The van der Waals surface area contributed by atoms with Crippen molar-refractivity contribution in [1.29, 1.82) is 0 Å². The fourth-order valence-electron chi connectivity index (χ4n) is 2.87. The van der Waals surface area contributed by atoms with Gasteiger partial charge in [0.1, 0.15) is 5.75 Å².